The Morgan fingerprint density at radius 3 is 0.669 bits per heavy atom. The van der Waals surface area contributed by atoms with E-state index in [2.05, 4.69) is 575 Å². The first-order valence-corrected chi connectivity index (χ1v) is 52.4. The molecule has 0 N–H and O–H groups in total. The molecule has 0 saturated heterocycles. The molecule has 15 aromatic carbocycles. The minimum Gasteiger partial charge on any atom is -0.310 e. The molecule has 0 unspecified atom stereocenters. The van der Waals surface area contributed by atoms with Crippen molar-refractivity contribution in [2.75, 3.05) is 9.80 Å². The highest BCUT2D eigenvalue weighted by Crippen LogP contribution is 2.56. The van der Waals surface area contributed by atoms with Crippen molar-refractivity contribution < 1.29 is 0 Å². The van der Waals surface area contributed by atoms with E-state index in [-0.39, 0.29) is 70.4 Å². The molecule has 17 rings (SSSR count). The second-order valence-corrected chi connectivity index (χ2v) is 54.0. The van der Waals surface area contributed by atoms with Crippen molar-refractivity contribution in [1.29, 1.82) is 0 Å². The van der Waals surface area contributed by atoms with Gasteiger partial charge in [0.1, 0.15) is 0 Å². The van der Waals surface area contributed by atoms with Gasteiger partial charge in [-0.3, -0.25) is 0 Å². The monoisotopic (exact) mass is 1870 g/mol. The van der Waals surface area contributed by atoms with E-state index in [0.717, 1.165) is 22.7 Å². The van der Waals surface area contributed by atoms with Crippen molar-refractivity contribution in [3.63, 3.8) is 0 Å². The number of nitrogens with zero attached hydrogens (tertiary/aromatic N) is 2. The van der Waals surface area contributed by atoms with Gasteiger partial charge in [0.25, 0.3) is 0 Å². The molecule has 0 heterocycles. The maximum Gasteiger partial charge on any atom is 0.0540 e. The zero-order chi connectivity index (χ0) is 103. The predicted molar refractivity (Wildman–Crippen MR) is 621 cm³/mol. The maximum absolute atomic E-state index is 2.50. The largest absolute Gasteiger partial charge is 0.310 e. The lowest BCUT2D eigenvalue weighted by Gasteiger charge is -2.32. The summed E-state index contributed by atoms with van der Waals surface area (Å²) in [7, 11) is 0. The molecule has 732 valence electrons. The highest BCUT2D eigenvalue weighted by Gasteiger charge is 2.40. The zero-order valence-corrected chi connectivity index (χ0v) is 93.3. The molecular weight excluding hydrogens is 1710 g/mol. The van der Waals surface area contributed by atoms with E-state index in [0.29, 0.717) is 0 Å². The summed E-state index contributed by atoms with van der Waals surface area (Å²) in [5, 5.41) is 0. The number of benzene rings is 15. The molecule has 0 saturated carbocycles. The van der Waals surface area contributed by atoms with Gasteiger partial charge < -0.3 is 9.80 Å². The van der Waals surface area contributed by atoms with Gasteiger partial charge in [-0.05, 0) is 329 Å². The fourth-order valence-corrected chi connectivity index (χ4v) is 20.7. The van der Waals surface area contributed by atoms with Crippen LogP contribution in [0, 0.1) is 0 Å². The summed E-state index contributed by atoms with van der Waals surface area (Å²) in [6.45, 7) is 86.5. The standard InChI is InChI=1S/C71H79N.C69H83N/c1-66(2,3)53-24-22-23-47(37-53)60-25-19-21-28-65(60)72(59-33-34-62-61-26-18-20-27-63(61)71(16,17)64(62)45-59)58-31-29-46(30-32-58)48-35-49(39-54(38-48)67(4,5)6)50-36-51(41-55(40-50)68(7,8)9)52-42-56(69(10,11)12)44-57(43-52)70(13,14)15;1-63(2,3)50-33-45(31-46(34-50)47-32-48(36-51(35-47)64(4,5)6)49-37-52(65(7,8)9)39-53(38-49)66(10,11)12)44-25-27-56(28-26-44)70(58-41-54(67(13,14)15)40-55(42-58)68(16,17)18)57-29-30-60-59-23-21-22-24-61(59)69(19,20)62(60)43-57/h18-45H,1-17H3;21-43H,1-20H3. The van der Waals surface area contributed by atoms with Crippen LogP contribution in [-0.2, 0) is 70.4 Å². The molecule has 2 aliphatic carbocycles. The second-order valence-electron chi connectivity index (χ2n) is 54.0. The van der Waals surface area contributed by atoms with E-state index in [1.54, 1.807) is 0 Å². The third kappa shape index (κ3) is 21.3. The molecule has 0 atom stereocenters. The zero-order valence-electron chi connectivity index (χ0n) is 93.3. The van der Waals surface area contributed by atoms with Crippen LogP contribution >= 0.6 is 0 Å². The van der Waals surface area contributed by atoms with Crippen LogP contribution in [0.15, 0.2) is 309 Å². The molecule has 0 aromatic heterocycles. The Morgan fingerprint density at radius 2 is 0.366 bits per heavy atom. The van der Waals surface area contributed by atoms with E-state index >= 15 is 0 Å². The molecule has 15 aromatic rings. The molecule has 0 aliphatic heterocycles. The van der Waals surface area contributed by atoms with Crippen molar-refractivity contribution in [2.45, 2.75) is 327 Å². The van der Waals surface area contributed by atoms with Crippen LogP contribution in [0.1, 0.15) is 340 Å². The van der Waals surface area contributed by atoms with Gasteiger partial charge in [-0.2, -0.15) is 0 Å². The number of rotatable bonds is 13. The Morgan fingerprint density at radius 1 is 0.141 bits per heavy atom. The van der Waals surface area contributed by atoms with Crippen LogP contribution in [0.25, 0.3) is 100 Å². The minimum atomic E-state index is -0.132. The van der Waals surface area contributed by atoms with Gasteiger partial charge in [0.15, 0.2) is 0 Å². The topological polar surface area (TPSA) is 6.48 Å². The third-order valence-electron chi connectivity index (χ3n) is 30.5. The Bertz CT molecular complexity index is 7190. The maximum atomic E-state index is 2.50. The third-order valence-corrected chi connectivity index (χ3v) is 30.5. The lowest BCUT2D eigenvalue weighted by Crippen LogP contribution is -2.19. The highest BCUT2D eigenvalue weighted by atomic mass is 15.2. The van der Waals surface area contributed by atoms with E-state index < -0.39 is 0 Å². The average molecular weight is 1870 g/mol. The molecule has 2 heteroatoms. The number of hydrogen-bond donors (Lipinski definition) is 0. The van der Waals surface area contributed by atoms with Gasteiger partial charge in [-0.15, -0.1) is 0 Å². The summed E-state index contributed by atoms with van der Waals surface area (Å²) in [5.41, 5.74) is 49.6. The summed E-state index contributed by atoms with van der Waals surface area (Å²) in [6.07, 6.45) is 0. The van der Waals surface area contributed by atoms with Crippen LogP contribution in [0.3, 0.4) is 0 Å². The number of hydrogen-bond acceptors (Lipinski definition) is 2. The average Bonchev–Trinajstić information content (AvgIpc) is 1.57. The van der Waals surface area contributed by atoms with Crippen molar-refractivity contribution >= 4 is 34.1 Å². The lowest BCUT2D eigenvalue weighted by atomic mass is 9.77. The highest BCUT2D eigenvalue weighted by molar-refractivity contribution is 5.93. The molecule has 142 heavy (non-hydrogen) atoms. The normalized spacial score (nSPS) is 13.9. The van der Waals surface area contributed by atoms with Crippen LogP contribution in [-0.4, -0.2) is 0 Å². The molecule has 0 spiro atoms. The van der Waals surface area contributed by atoms with E-state index in [1.807, 2.05) is 0 Å². The Balaban J connectivity index is 0.000000204. The quantitative estimate of drug-likeness (QED) is 0.114. The van der Waals surface area contributed by atoms with Gasteiger partial charge >= 0.3 is 0 Å². The number of anilines is 6. The van der Waals surface area contributed by atoms with E-state index in [9.17, 15) is 0 Å². The fourth-order valence-electron chi connectivity index (χ4n) is 20.7. The first kappa shape index (κ1) is 103. The van der Waals surface area contributed by atoms with Crippen LogP contribution in [0.5, 0.6) is 0 Å². The van der Waals surface area contributed by atoms with Gasteiger partial charge in [0.05, 0.1) is 5.69 Å². The molecular formula is C140H162N2. The van der Waals surface area contributed by atoms with Crippen molar-refractivity contribution in [3.05, 3.63) is 393 Å². The SMILES string of the molecule is CC(C)(C)c1cc(-c2ccc(N(c3cc(C(C)(C)C)cc(C(C)(C)C)c3)c3ccc4c(c3)C(C)(C)c3ccccc3-4)cc2)cc(-c2cc(-c3cc(C(C)(C)C)cc(C(C)(C)C)c3)cc(C(C)(C)C)c2)c1.CC(C)(C)c1cc(-c2ccc(N(c3ccc4c(c3)C(C)(C)c3ccccc3-4)c3ccccc3-c3cccc(C(C)(C)C)c3)cc2)cc(-c2cc(-c3cc(C(C)(C)C)cc(C(C)(C)C)c3)cc(C(C)(C)C)c2)c1. The second kappa shape index (κ2) is 36.6. The molecule has 0 radical (unpaired) electrons. The number of para-hydroxylation sites is 1. The van der Waals surface area contributed by atoms with Crippen molar-refractivity contribution in [2.24, 2.45) is 0 Å². The van der Waals surface area contributed by atoms with E-state index in [4.69, 9.17) is 0 Å². The first-order valence-electron chi connectivity index (χ1n) is 52.4. The van der Waals surface area contributed by atoms with Crippen LogP contribution < -0.4 is 9.80 Å². The Labute approximate surface area is 857 Å². The molecule has 0 bridgehead atoms. The van der Waals surface area contributed by atoms with Crippen LogP contribution in [0.4, 0.5) is 34.1 Å². The summed E-state index contributed by atoms with van der Waals surface area (Å²) in [6, 6.07) is 120. The lowest BCUT2D eigenvalue weighted by molar-refractivity contribution is 0.568. The summed E-state index contributed by atoms with van der Waals surface area (Å²) in [4.78, 5) is 4.99. The van der Waals surface area contributed by atoms with E-state index in [1.165, 1.54) is 195 Å². The molecule has 2 nitrogen and oxygen atoms in total. The fraction of sp³-hybridized carbons (Fsp3) is 0.357. The Kier molecular flexibility index (Phi) is 26.5. The van der Waals surface area contributed by atoms with Gasteiger partial charge in [-0.25, -0.2) is 0 Å². The molecule has 2 aliphatic rings. The summed E-state index contributed by atoms with van der Waals surface area (Å²) in [5.74, 6) is 0. The number of fused-ring (bicyclic) bond motifs is 6. The van der Waals surface area contributed by atoms with Crippen molar-refractivity contribution in [3.8, 4) is 100 Å². The van der Waals surface area contributed by atoms with Crippen LogP contribution in [0.2, 0.25) is 0 Å². The predicted octanol–water partition coefficient (Wildman–Crippen LogP) is 40.9. The minimum absolute atomic E-state index is 0.0229. The van der Waals surface area contributed by atoms with Gasteiger partial charge in [0, 0.05) is 44.8 Å². The van der Waals surface area contributed by atoms with Gasteiger partial charge in [-0.1, -0.05) is 475 Å². The smallest absolute Gasteiger partial charge is 0.0540 e. The summed E-state index contributed by atoms with van der Waals surface area (Å²) >= 11 is 0. The molecule has 0 amide bonds. The first-order chi connectivity index (χ1) is 65.8. The van der Waals surface area contributed by atoms with Gasteiger partial charge in [0.2, 0.25) is 0 Å². The Hall–Kier alpha value is -12.1. The summed E-state index contributed by atoms with van der Waals surface area (Å²) < 4.78 is 0. The van der Waals surface area contributed by atoms with Crippen molar-refractivity contribution in [1.82, 2.24) is 0 Å². The molecule has 0 fully saturated rings.